The van der Waals surface area contributed by atoms with E-state index in [-0.39, 0.29) is 5.91 Å². The van der Waals surface area contributed by atoms with Crippen LogP contribution in [0.3, 0.4) is 0 Å². The molecule has 1 aliphatic rings. The number of hydrogen-bond acceptors (Lipinski definition) is 3. The number of amides is 1. The monoisotopic (exact) mass is 396 g/mol. The van der Waals surface area contributed by atoms with E-state index in [0.29, 0.717) is 16.6 Å². The third-order valence-corrected chi connectivity index (χ3v) is 6.01. The number of rotatable bonds is 4. The highest BCUT2D eigenvalue weighted by Gasteiger charge is 2.24. The molecule has 0 atom stereocenters. The summed E-state index contributed by atoms with van der Waals surface area (Å²) in [6.07, 6.45) is 10.0. The minimum Gasteiger partial charge on any atom is -0.322 e. The van der Waals surface area contributed by atoms with Gasteiger partial charge in [-0.05, 0) is 61.8 Å². The molecule has 5 nitrogen and oxygen atoms in total. The summed E-state index contributed by atoms with van der Waals surface area (Å²) >= 11 is 5.92. The standard InChI is InChI=1S/C22H25ClN4O/c1-14(2)15-3-6-20(7-4-15)27-13-17-10-19(5-8-21(17)26-27)25-22(28)16-9-18(23)12-24-11-16/h5,8-15,20H,3-4,6-7H2,1-2H3,(H,25,28). The lowest BCUT2D eigenvalue weighted by molar-refractivity contribution is 0.102. The Bertz CT molecular complexity index is 989. The SMILES string of the molecule is CC(C)C1CCC(n2cc3cc(NC(=O)c4cncc(Cl)c4)ccc3n2)CC1. The fourth-order valence-corrected chi connectivity index (χ4v) is 4.26. The summed E-state index contributed by atoms with van der Waals surface area (Å²) in [6.45, 7) is 4.64. The third-order valence-electron chi connectivity index (χ3n) is 5.81. The van der Waals surface area contributed by atoms with Crippen LogP contribution in [0, 0.1) is 11.8 Å². The number of carbonyl (C=O) groups is 1. The van der Waals surface area contributed by atoms with E-state index in [9.17, 15) is 4.79 Å². The largest absolute Gasteiger partial charge is 0.322 e. The zero-order valence-corrected chi connectivity index (χ0v) is 17.0. The molecule has 0 saturated heterocycles. The van der Waals surface area contributed by atoms with Gasteiger partial charge in [-0.25, -0.2) is 0 Å². The number of hydrogen-bond donors (Lipinski definition) is 1. The average molecular weight is 397 g/mol. The van der Waals surface area contributed by atoms with Crippen molar-refractivity contribution in [1.29, 1.82) is 0 Å². The van der Waals surface area contributed by atoms with Crippen LogP contribution < -0.4 is 5.32 Å². The zero-order valence-electron chi connectivity index (χ0n) is 16.2. The molecule has 2 aromatic heterocycles. The van der Waals surface area contributed by atoms with Crippen molar-refractivity contribution in [2.45, 2.75) is 45.6 Å². The van der Waals surface area contributed by atoms with Crippen LogP contribution >= 0.6 is 11.6 Å². The zero-order chi connectivity index (χ0) is 19.7. The Hall–Kier alpha value is -2.40. The molecule has 0 unspecified atom stereocenters. The number of carbonyl (C=O) groups excluding carboxylic acids is 1. The molecule has 1 aromatic carbocycles. The minimum absolute atomic E-state index is 0.228. The second-order valence-corrected chi connectivity index (χ2v) is 8.48. The maximum atomic E-state index is 12.4. The molecule has 0 radical (unpaired) electrons. The van der Waals surface area contributed by atoms with E-state index >= 15 is 0 Å². The van der Waals surface area contributed by atoms with Gasteiger partial charge in [-0.2, -0.15) is 5.10 Å². The first-order valence-corrected chi connectivity index (χ1v) is 10.3. The van der Waals surface area contributed by atoms with Crippen LogP contribution in [0.5, 0.6) is 0 Å². The quantitative estimate of drug-likeness (QED) is 0.613. The molecule has 146 valence electrons. The molecule has 28 heavy (non-hydrogen) atoms. The number of fused-ring (bicyclic) bond motifs is 1. The van der Waals surface area contributed by atoms with Crippen LogP contribution in [0.2, 0.25) is 5.02 Å². The van der Waals surface area contributed by atoms with E-state index in [0.717, 1.165) is 28.4 Å². The lowest BCUT2D eigenvalue weighted by Gasteiger charge is -2.30. The molecular formula is C22H25ClN4O. The second kappa shape index (κ2) is 7.92. The van der Waals surface area contributed by atoms with Gasteiger partial charge in [-0.3, -0.25) is 14.5 Å². The van der Waals surface area contributed by atoms with Crippen molar-refractivity contribution >= 4 is 34.1 Å². The summed E-state index contributed by atoms with van der Waals surface area (Å²) in [5.41, 5.74) is 2.12. The van der Waals surface area contributed by atoms with Crippen LogP contribution in [0.15, 0.2) is 42.9 Å². The van der Waals surface area contributed by atoms with E-state index in [4.69, 9.17) is 16.7 Å². The number of halogens is 1. The molecule has 1 amide bonds. The van der Waals surface area contributed by atoms with Crippen LogP contribution in [0.1, 0.15) is 55.9 Å². The average Bonchev–Trinajstić information content (AvgIpc) is 3.11. The highest BCUT2D eigenvalue weighted by Crippen LogP contribution is 2.36. The molecule has 0 aliphatic heterocycles. The van der Waals surface area contributed by atoms with Gasteiger partial charge in [0.15, 0.2) is 0 Å². The van der Waals surface area contributed by atoms with Crippen molar-refractivity contribution in [2.75, 3.05) is 5.32 Å². The van der Waals surface area contributed by atoms with Gasteiger partial charge in [0.25, 0.3) is 5.91 Å². The number of nitrogens with zero attached hydrogens (tertiary/aromatic N) is 3. The fraction of sp³-hybridized carbons (Fsp3) is 0.409. The molecule has 3 aromatic rings. The summed E-state index contributed by atoms with van der Waals surface area (Å²) in [6, 6.07) is 7.88. The van der Waals surface area contributed by atoms with Crippen molar-refractivity contribution in [3.63, 3.8) is 0 Å². The van der Waals surface area contributed by atoms with E-state index in [1.807, 2.05) is 18.2 Å². The fourth-order valence-electron chi connectivity index (χ4n) is 4.08. The Balaban J connectivity index is 1.48. The third kappa shape index (κ3) is 4.04. The Morgan fingerprint density at radius 1 is 1.18 bits per heavy atom. The first-order valence-electron chi connectivity index (χ1n) is 9.90. The first kappa shape index (κ1) is 18.9. The maximum absolute atomic E-state index is 12.4. The van der Waals surface area contributed by atoms with Gasteiger partial charge in [0.2, 0.25) is 0 Å². The van der Waals surface area contributed by atoms with Gasteiger partial charge in [0.05, 0.1) is 22.1 Å². The van der Waals surface area contributed by atoms with Crippen LogP contribution in [0.25, 0.3) is 10.9 Å². The maximum Gasteiger partial charge on any atom is 0.257 e. The van der Waals surface area contributed by atoms with Gasteiger partial charge in [-0.15, -0.1) is 0 Å². The van der Waals surface area contributed by atoms with Crippen LogP contribution in [-0.2, 0) is 0 Å². The molecule has 1 saturated carbocycles. The summed E-state index contributed by atoms with van der Waals surface area (Å²) < 4.78 is 2.12. The molecular weight excluding hydrogens is 372 g/mol. The molecule has 1 aliphatic carbocycles. The van der Waals surface area contributed by atoms with Gasteiger partial charge >= 0.3 is 0 Å². The van der Waals surface area contributed by atoms with Crippen molar-refractivity contribution in [2.24, 2.45) is 11.8 Å². The van der Waals surface area contributed by atoms with Gasteiger partial charge < -0.3 is 5.32 Å². The second-order valence-electron chi connectivity index (χ2n) is 8.04. The van der Waals surface area contributed by atoms with E-state index in [1.165, 1.54) is 38.1 Å². The number of nitrogens with one attached hydrogen (secondary N) is 1. The number of pyridine rings is 1. The Labute approximate surface area is 170 Å². The van der Waals surface area contributed by atoms with E-state index in [1.54, 1.807) is 6.07 Å². The molecule has 0 bridgehead atoms. The summed E-state index contributed by atoms with van der Waals surface area (Å²) in [5.74, 6) is 1.37. The van der Waals surface area contributed by atoms with Crippen molar-refractivity contribution in [1.82, 2.24) is 14.8 Å². The van der Waals surface area contributed by atoms with Crippen LogP contribution in [-0.4, -0.2) is 20.7 Å². The van der Waals surface area contributed by atoms with Crippen molar-refractivity contribution in [3.8, 4) is 0 Å². The van der Waals surface area contributed by atoms with Crippen molar-refractivity contribution < 1.29 is 4.79 Å². The molecule has 6 heteroatoms. The molecule has 1 N–H and O–H groups in total. The lowest BCUT2D eigenvalue weighted by Crippen LogP contribution is -2.21. The van der Waals surface area contributed by atoms with Crippen molar-refractivity contribution in [3.05, 3.63) is 53.4 Å². The van der Waals surface area contributed by atoms with Gasteiger partial charge in [-0.1, -0.05) is 25.4 Å². The predicted molar refractivity (Wildman–Crippen MR) is 113 cm³/mol. The minimum atomic E-state index is -0.228. The summed E-state index contributed by atoms with van der Waals surface area (Å²) in [7, 11) is 0. The predicted octanol–water partition coefficient (Wildman–Crippen LogP) is 5.72. The van der Waals surface area contributed by atoms with E-state index < -0.39 is 0 Å². The Morgan fingerprint density at radius 2 is 1.96 bits per heavy atom. The molecule has 1 fully saturated rings. The van der Waals surface area contributed by atoms with Gasteiger partial charge in [0.1, 0.15) is 0 Å². The molecule has 0 spiro atoms. The van der Waals surface area contributed by atoms with E-state index in [2.05, 4.69) is 35.0 Å². The number of aromatic nitrogens is 3. The lowest BCUT2D eigenvalue weighted by atomic mass is 9.80. The summed E-state index contributed by atoms with van der Waals surface area (Å²) in [4.78, 5) is 16.4. The normalized spacial score (nSPS) is 19.9. The topological polar surface area (TPSA) is 59.8 Å². The highest BCUT2D eigenvalue weighted by molar-refractivity contribution is 6.30. The molecule has 2 heterocycles. The first-order chi connectivity index (χ1) is 13.5. The highest BCUT2D eigenvalue weighted by atomic mass is 35.5. The van der Waals surface area contributed by atoms with Gasteiger partial charge in [0, 0.05) is 29.7 Å². The molecule has 4 rings (SSSR count). The smallest absolute Gasteiger partial charge is 0.257 e. The number of benzene rings is 1. The summed E-state index contributed by atoms with van der Waals surface area (Å²) in [5, 5.41) is 9.16. The Morgan fingerprint density at radius 3 is 2.68 bits per heavy atom. The number of anilines is 1. The Kier molecular flexibility index (Phi) is 5.36. The van der Waals surface area contributed by atoms with Crippen LogP contribution in [0.4, 0.5) is 5.69 Å².